The molecule has 5 N–H and O–H groups in total. The highest BCUT2D eigenvalue weighted by atomic mass is 16.5. The SMILES string of the molecule is Nc1ccn([C@@H]2OC(CO)=C(O)C2O)c(=O)n1. The number of hydrogen-bond donors (Lipinski definition) is 4. The zero-order valence-electron chi connectivity index (χ0n) is 8.65. The molecule has 0 amide bonds. The number of hydrogen-bond acceptors (Lipinski definition) is 7. The maximum atomic E-state index is 11.5. The zero-order chi connectivity index (χ0) is 12.6. The first-order chi connectivity index (χ1) is 8.04. The van der Waals surface area contributed by atoms with Crippen molar-refractivity contribution in [2.24, 2.45) is 0 Å². The number of nitrogen functional groups attached to an aromatic ring is 1. The third-order valence-corrected chi connectivity index (χ3v) is 2.37. The summed E-state index contributed by atoms with van der Waals surface area (Å²) >= 11 is 0. The van der Waals surface area contributed by atoms with Crippen molar-refractivity contribution in [2.75, 3.05) is 12.3 Å². The van der Waals surface area contributed by atoms with Crippen molar-refractivity contribution < 1.29 is 20.1 Å². The summed E-state index contributed by atoms with van der Waals surface area (Å²) in [6, 6.07) is 1.35. The Morgan fingerprint density at radius 1 is 1.59 bits per heavy atom. The van der Waals surface area contributed by atoms with Crippen molar-refractivity contribution in [3.05, 3.63) is 34.3 Å². The van der Waals surface area contributed by atoms with Gasteiger partial charge in [-0.15, -0.1) is 0 Å². The molecule has 1 unspecified atom stereocenters. The van der Waals surface area contributed by atoms with E-state index in [9.17, 15) is 15.0 Å². The zero-order valence-corrected chi connectivity index (χ0v) is 8.65. The molecule has 1 aliphatic heterocycles. The topological polar surface area (TPSA) is 131 Å². The Kier molecular flexibility index (Phi) is 2.74. The van der Waals surface area contributed by atoms with Crippen molar-refractivity contribution in [3.8, 4) is 0 Å². The van der Waals surface area contributed by atoms with E-state index in [1.807, 2.05) is 0 Å². The summed E-state index contributed by atoms with van der Waals surface area (Å²) in [6.45, 7) is -0.573. The Labute approximate surface area is 95.2 Å². The predicted molar refractivity (Wildman–Crippen MR) is 55.8 cm³/mol. The Morgan fingerprint density at radius 2 is 2.29 bits per heavy atom. The van der Waals surface area contributed by atoms with Crippen LogP contribution in [0.15, 0.2) is 28.6 Å². The predicted octanol–water partition coefficient (Wildman–Crippen LogP) is -1.52. The number of ether oxygens (including phenoxy) is 1. The van der Waals surface area contributed by atoms with Gasteiger partial charge in [0, 0.05) is 6.20 Å². The fourth-order valence-electron chi connectivity index (χ4n) is 1.52. The van der Waals surface area contributed by atoms with E-state index >= 15 is 0 Å². The van der Waals surface area contributed by atoms with Crippen molar-refractivity contribution >= 4 is 5.82 Å². The van der Waals surface area contributed by atoms with Crippen LogP contribution in [-0.4, -0.2) is 37.6 Å². The smallest absolute Gasteiger partial charge is 0.352 e. The van der Waals surface area contributed by atoms with E-state index in [0.29, 0.717) is 0 Å². The van der Waals surface area contributed by atoms with Gasteiger partial charge in [-0.2, -0.15) is 4.98 Å². The first-order valence-electron chi connectivity index (χ1n) is 4.77. The number of aromatic nitrogens is 2. The van der Waals surface area contributed by atoms with Crippen LogP contribution in [0.4, 0.5) is 5.82 Å². The lowest BCUT2D eigenvalue weighted by molar-refractivity contribution is -0.0170. The Hall–Kier alpha value is -2.06. The highest BCUT2D eigenvalue weighted by Gasteiger charge is 2.37. The maximum absolute atomic E-state index is 11.5. The molecule has 0 radical (unpaired) electrons. The molecule has 0 spiro atoms. The van der Waals surface area contributed by atoms with Crippen molar-refractivity contribution in [3.63, 3.8) is 0 Å². The van der Waals surface area contributed by atoms with Gasteiger partial charge < -0.3 is 25.8 Å². The molecule has 2 atom stereocenters. The molecule has 1 aliphatic rings. The van der Waals surface area contributed by atoms with E-state index in [4.69, 9.17) is 15.6 Å². The summed E-state index contributed by atoms with van der Waals surface area (Å²) in [5, 5.41) is 27.9. The lowest BCUT2D eigenvalue weighted by Crippen LogP contribution is -2.33. The van der Waals surface area contributed by atoms with Crippen LogP contribution in [0, 0.1) is 0 Å². The summed E-state index contributed by atoms with van der Waals surface area (Å²) in [5.74, 6) is -0.634. The van der Waals surface area contributed by atoms with Crippen LogP contribution in [0.25, 0.3) is 0 Å². The lowest BCUT2D eigenvalue weighted by atomic mass is 10.2. The van der Waals surface area contributed by atoms with Crippen molar-refractivity contribution in [1.29, 1.82) is 0 Å². The van der Waals surface area contributed by atoms with Gasteiger partial charge in [-0.3, -0.25) is 4.57 Å². The minimum Gasteiger partial charge on any atom is -0.506 e. The van der Waals surface area contributed by atoms with E-state index in [1.54, 1.807) is 0 Å². The van der Waals surface area contributed by atoms with E-state index in [0.717, 1.165) is 4.57 Å². The first kappa shape index (κ1) is 11.4. The van der Waals surface area contributed by atoms with E-state index in [-0.39, 0.29) is 11.6 Å². The molecule has 8 heteroatoms. The van der Waals surface area contributed by atoms with Crippen molar-refractivity contribution in [1.82, 2.24) is 9.55 Å². The van der Waals surface area contributed by atoms with Gasteiger partial charge in [0.25, 0.3) is 0 Å². The standard InChI is InChI=1S/C9H11N3O5/c10-5-1-2-12(9(16)11-5)8-7(15)6(14)4(3-13)17-8/h1-2,7-8,13-15H,3H2,(H2,10,11,16)/t7?,8-/m1/s1. The Morgan fingerprint density at radius 3 is 2.82 bits per heavy atom. The fraction of sp³-hybridized carbons (Fsp3) is 0.333. The molecule has 1 aromatic rings. The van der Waals surface area contributed by atoms with Gasteiger partial charge in [0.05, 0.1) is 0 Å². The third-order valence-electron chi connectivity index (χ3n) is 2.37. The van der Waals surface area contributed by atoms with Gasteiger partial charge in [-0.05, 0) is 6.07 Å². The molecule has 2 rings (SSSR count). The molecule has 8 nitrogen and oxygen atoms in total. The molecule has 0 aromatic carbocycles. The number of nitrogens with two attached hydrogens (primary N) is 1. The van der Waals surface area contributed by atoms with Crippen LogP contribution in [0.2, 0.25) is 0 Å². The highest BCUT2D eigenvalue weighted by molar-refractivity contribution is 5.24. The van der Waals surface area contributed by atoms with Crippen molar-refractivity contribution in [2.45, 2.75) is 12.3 Å². The normalized spacial score (nSPS) is 23.9. The molecule has 0 fully saturated rings. The Balaban J connectivity index is 2.35. The molecule has 1 aromatic heterocycles. The van der Waals surface area contributed by atoms with Crippen LogP contribution < -0.4 is 11.4 Å². The minimum atomic E-state index is -1.43. The second kappa shape index (κ2) is 4.07. The molecule has 0 bridgehead atoms. The number of anilines is 1. The van der Waals surface area contributed by atoms with Gasteiger partial charge in [0.2, 0.25) is 6.23 Å². The summed E-state index contributed by atoms with van der Waals surface area (Å²) < 4.78 is 6.03. The molecule has 2 heterocycles. The second-order valence-corrected chi connectivity index (χ2v) is 3.46. The summed E-state index contributed by atoms with van der Waals surface area (Å²) in [4.78, 5) is 15.0. The van der Waals surface area contributed by atoms with Gasteiger partial charge in [-0.25, -0.2) is 4.79 Å². The maximum Gasteiger partial charge on any atom is 0.352 e. The van der Waals surface area contributed by atoms with Crippen LogP contribution >= 0.6 is 0 Å². The lowest BCUT2D eigenvalue weighted by Gasteiger charge is -2.17. The molecular formula is C9H11N3O5. The summed E-state index contributed by atoms with van der Waals surface area (Å²) in [5.41, 5.74) is 4.59. The fourth-order valence-corrected chi connectivity index (χ4v) is 1.52. The summed E-state index contributed by atoms with van der Waals surface area (Å²) in [7, 11) is 0. The van der Waals surface area contributed by atoms with E-state index in [2.05, 4.69) is 4.98 Å². The van der Waals surface area contributed by atoms with Gasteiger partial charge in [0.1, 0.15) is 12.4 Å². The summed E-state index contributed by atoms with van der Waals surface area (Å²) in [6.07, 6.45) is -1.30. The van der Waals surface area contributed by atoms with Crippen LogP contribution in [0.5, 0.6) is 0 Å². The monoisotopic (exact) mass is 241 g/mol. The largest absolute Gasteiger partial charge is 0.506 e. The third kappa shape index (κ3) is 1.83. The van der Waals surface area contributed by atoms with E-state index in [1.165, 1.54) is 12.3 Å². The van der Waals surface area contributed by atoms with Crippen LogP contribution in [-0.2, 0) is 4.74 Å². The number of nitrogens with zero attached hydrogens (tertiary/aromatic N) is 2. The quantitative estimate of drug-likeness (QED) is 0.494. The minimum absolute atomic E-state index is 0.0401. The van der Waals surface area contributed by atoms with Crippen LogP contribution in [0.1, 0.15) is 6.23 Å². The Bertz CT molecular complexity index is 524. The average Bonchev–Trinajstić information content (AvgIpc) is 2.57. The number of rotatable bonds is 2. The molecular weight excluding hydrogens is 230 g/mol. The number of aliphatic hydroxyl groups excluding tert-OH is 3. The van der Waals surface area contributed by atoms with E-state index < -0.39 is 30.4 Å². The number of aliphatic hydroxyl groups is 3. The second-order valence-electron chi connectivity index (χ2n) is 3.46. The first-order valence-corrected chi connectivity index (χ1v) is 4.77. The molecule has 17 heavy (non-hydrogen) atoms. The molecule has 0 saturated carbocycles. The van der Waals surface area contributed by atoms with Gasteiger partial charge in [0.15, 0.2) is 17.6 Å². The van der Waals surface area contributed by atoms with Gasteiger partial charge in [-0.1, -0.05) is 0 Å². The molecule has 0 saturated heterocycles. The van der Waals surface area contributed by atoms with Crippen LogP contribution in [0.3, 0.4) is 0 Å². The molecule has 0 aliphatic carbocycles. The highest BCUT2D eigenvalue weighted by Crippen LogP contribution is 2.29. The average molecular weight is 241 g/mol. The molecule has 92 valence electrons. The van der Waals surface area contributed by atoms with Gasteiger partial charge >= 0.3 is 5.69 Å².